The average molecular weight is 983 g/mol. The smallest absolute Gasteiger partial charge is 0.288 e. The van der Waals surface area contributed by atoms with Gasteiger partial charge in [0.15, 0.2) is 0 Å². The van der Waals surface area contributed by atoms with Gasteiger partial charge in [-0.25, -0.2) is 22.5 Å². The number of halogens is 1. The second kappa shape index (κ2) is 18.8. The molecular formula is C51H59FN6O9S2. The number of thioether (sulfide) groups is 1. The second-order valence-electron chi connectivity index (χ2n) is 20.3. The number of hydrogen-bond acceptors (Lipinski definition) is 13. The molecule has 2 atom stereocenters. The van der Waals surface area contributed by atoms with Crippen LogP contribution >= 0.6 is 11.8 Å². The number of anilines is 1. The summed E-state index contributed by atoms with van der Waals surface area (Å²) in [6, 6.07) is 18.0. The first-order chi connectivity index (χ1) is 33.0. The van der Waals surface area contributed by atoms with E-state index in [1.54, 1.807) is 12.1 Å². The fraction of sp³-hybridized carbons (Fsp3) is 0.490. The van der Waals surface area contributed by atoms with Gasteiger partial charge in [-0.15, -0.1) is 11.8 Å². The number of amides is 1. The molecule has 18 heteroatoms. The van der Waals surface area contributed by atoms with E-state index in [4.69, 9.17) is 14.2 Å². The Kier molecular flexibility index (Phi) is 12.9. The number of sulfonamides is 1. The SMILES string of the molecule is CC(C)c1ccccc1[C@H]1COCCN1C1CC2(CCN(c3ccc(C(=O)NS(=O)(=O)c4cc5c(c([N+](=O)[O-])c4)S[C@@H](C[C@H]4CC[C@](C)(O)CC4)CO5)c(Oc4cnc5[nH]cc(F)c5c4)c3)CC2)C1. The summed E-state index contributed by atoms with van der Waals surface area (Å²) in [6.45, 7) is 10.4. The van der Waals surface area contributed by atoms with E-state index in [9.17, 15) is 32.8 Å². The number of benzene rings is 3. The maximum Gasteiger partial charge on any atom is 0.288 e. The van der Waals surface area contributed by atoms with Crippen molar-refractivity contribution in [2.45, 2.75) is 117 Å². The van der Waals surface area contributed by atoms with Crippen molar-refractivity contribution in [3.05, 3.63) is 106 Å². The summed E-state index contributed by atoms with van der Waals surface area (Å²) < 4.78 is 63.1. The fourth-order valence-corrected chi connectivity index (χ4v) is 13.6. The number of aromatic amines is 1. The number of aliphatic hydroxyl groups is 1. The number of nitrogens with one attached hydrogen (secondary N) is 2. The molecule has 5 heterocycles. The highest BCUT2D eigenvalue weighted by atomic mass is 32.2. The number of aromatic nitrogens is 2. The molecule has 0 radical (unpaired) electrons. The molecule has 2 aromatic heterocycles. The molecule has 2 saturated carbocycles. The molecule has 5 aliphatic rings. The Morgan fingerprint density at radius 2 is 1.84 bits per heavy atom. The lowest BCUT2D eigenvalue weighted by Gasteiger charge is -2.57. The Balaban J connectivity index is 0.855. The van der Waals surface area contributed by atoms with Crippen LogP contribution in [0.2, 0.25) is 0 Å². The number of nitrogens with zero attached hydrogens (tertiary/aromatic N) is 4. The summed E-state index contributed by atoms with van der Waals surface area (Å²) in [4.78, 5) is 37.6. The van der Waals surface area contributed by atoms with Crippen molar-refractivity contribution in [1.82, 2.24) is 19.6 Å². The van der Waals surface area contributed by atoms with Crippen molar-refractivity contribution in [3.63, 3.8) is 0 Å². The van der Waals surface area contributed by atoms with Crippen molar-refractivity contribution < 1.29 is 41.8 Å². The Morgan fingerprint density at radius 1 is 1.07 bits per heavy atom. The van der Waals surface area contributed by atoms with E-state index in [-0.39, 0.29) is 56.4 Å². The summed E-state index contributed by atoms with van der Waals surface area (Å²) in [7, 11) is -4.70. The first kappa shape index (κ1) is 47.4. The minimum absolute atomic E-state index is 0.0186. The molecule has 3 aliphatic heterocycles. The van der Waals surface area contributed by atoms with E-state index in [2.05, 4.69) is 62.6 Å². The molecule has 366 valence electrons. The van der Waals surface area contributed by atoms with E-state index in [1.807, 2.05) is 6.92 Å². The summed E-state index contributed by atoms with van der Waals surface area (Å²) >= 11 is 1.30. The number of hydrogen-bond donors (Lipinski definition) is 3. The minimum Gasteiger partial charge on any atom is -0.491 e. The standard InChI is InChI=1S/C51H59FN6O9S2/c1-31(2)38-6-4-5-7-39(38)44-30-65-19-18-57(44)34-25-51(26-34)14-16-56(17-15-51)33-8-9-40(45(21-33)67-35-22-41-42(52)28-54-48(41)53-27-35)49(59)55-69(63,64)37-23-43(58(61)62)47-46(24-37)66-29-36(68-47)20-32-10-12-50(3,60)13-11-32/h4-9,21-24,27-28,31-32,34,36,44,60H,10-20,25-26,29-30H2,1-3H3,(H,53,54)(H,55,59)/t32-,36-,44+,50-/m0/s1. The van der Waals surface area contributed by atoms with Gasteiger partial charge in [0.05, 0.1) is 51.8 Å². The highest BCUT2D eigenvalue weighted by molar-refractivity contribution is 8.00. The summed E-state index contributed by atoms with van der Waals surface area (Å²) in [5.74, 6) is -0.626. The maximum absolute atomic E-state index is 14.7. The number of carbonyl (C=O) groups is 1. The van der Waals surface area contributed by atoms with Gasteiger partial charge in [-0.05, 0) is 111 Å². The fourth-order valence-electron chi connectivity index (χ4n) is 11.3. The van der Waals surface area contributed by atoms with Crippen molar-refractivity contribution in [3.8, 4) is 17.2 Å². The number of rotatable bonds is 12. The number of fused-ring (bicyclic) bond motifs is 2. The number of ether oxygens (including phenoxy) is 3. The molecule has 69 heavy (non-hydrogen) atoms. The molecule has 15 nitrogen and oxygen atoms in total. The normalized spacial score (nSPS) is 24.1. The molecule has 3 N–H and O–H groups in total. The van der Waals surface area contributed by atoms with E-state index < -0.39 is 42.9 Å². The third-order valence-corrected chi connectivity index (χ3v) is 17.9. The average Bonchev–Trinajstić information content (AvgIpc) is 3.70. The van der Waals surface area contributed by atoms with Gasteiger partial charge in [-0.2, -0.15) is 0 Å². The van der Waals surface area contributed by atoms with Crippen LogP contribution in [0.15, 0.2) is 82.8 Å². The van der Waals surface area contributed by atoms with Gasteiger partial charge in [0.1, 0.15) is 40.2 Å². The van der Waals surface area contributed by atoms with E-state index in [0.717, 1.165) is 82.9 Å². The molecule has 3 aromatic carbocycles. The number of nitro benzene ring substituents is 1. The summed E-state index contributed by atoms with van der Waals surface area (Å²) in [5, 5.41) is 22.9. The van der Waals surface area contributed by atoms with Crippen LogP contribution in [0.3, 0.4) is 0 Å². The van der Waals surface area contributed by atoms with Gasteiger partial charge < -0.3 is 29.2 Å². The quantitative estimate of drug-likeness (QED) is 0.0792. The highest BCUT2D eigenvalue weighted by Crippen LogP contribution is 2.54. The second-order valence-corrected chi connectivity index (χ2v) is 23.3. The van der Waals surface area contributed by atoms with Crippen LogP contribution in [0.1, 0.15) is 112 Å². The predicted molar refractivity (Wildman–Crippen MR) is 260 cm³/mol. The maximum atomic E-state index is 14.7. The van der Waals surface area contributed by atoms with Gasteiger partial charge in [-0.3, -0.25) is 19.8 Å². The van der Waals surface area contributed by atoms with Crippen molar-refractivity contribution >= 4 is 50.1 Å². The first-order valence-electron chi connectivity index (χ1n) is 24.1. The number of carbonyl (C=O) groups excluding carboxylic acids is 1. The minimum atomic E-state index is -4.70. The van der Waals surface area contributed by atoms with Gasteiger partial charge >= 0.3 is 0 Å². The van der Waals surface area contributed by atoms with Gasteiger partial charge in [0, 0.05) is 61.0 Å². The molecule has 2 saturated heterocycles. The van der Waals surface area contributed by atoms with Crippen molar-refractivity contribution in [2.24, 2.45) is 11.3 Å². The van der Waals surface area contributed by atoms with Crippen LogP contribution in [0.25, 0.3) is 11.0 Å². The van der Waals surface area contributed by atoms with Gasteiger partial charge in [-0.1, -0.05) is 38.1 Å². The Hall–Kier alpha value is -5.27. The lowest BCUT2D eigenvalue weighted by atomic mass is 9.59. The van der Waals surface area contributed by atoms with E-state index in [0.29, 0.717) is 43.0 Å². The molecule has 1 spiro atoms. The summed E-state index contributed by atoms with van der Waals surface area (Å²) in [5.41, 5.74) is 2.77. The van der Waals surface area contributed by atoms with Crippen molar-refractivity contribution in [1.29, 1.82) is 0 Å². The lowest BCUT2D eigenvalue weighted by Crippen LogP contribution is -2.58. The van der Waals surface area contributed by atoms with Gasteiger partial charge in [0.25, 0.3) is 21.6 Å². The van der Waals surface area contributed by atoms with Crippen LogP contribution in [0.4, 0.5) is 15.8 Å². The van der Waals surface area contributed by atoms with E-state index in [1.165, 1.54) is 53.5 Å². The predicted octanol–water partition coefficient (Wildman–Crippen LogP) is 9.65. The zero-order chi connectivity index (χ0) is 48.2. The van der Waals surface area contributed by atoms with Crippen LogP contribution in [0, 0.1) is 27.3 Å². The molecule has 2 aliphatic carbocycles. The van der Waals surface area contributed by atoms with Crippen molar-refractivity contribution in [2.75, 3.05) is 44.4 Å². The Labute approximate surface area is 405 Å². The molecule has 0 unspecified atom stereocenters. The molecule has 10 rings (SSSR count). The van der Waals surface area contributed by atoms with Crippen LogP contribution in [-0.2, 0) is 14.8 Å². The summed E-state index contributed by atoms with van der Waals surface area (Å²) in [6.07, 6.45) is 10.5. The number of nitro groups is 1. The number of H-pyrrole nitrogens is 1. The van der Waals surface area contributed by atoms with Crippen LogP contribution < -0.4 is 19.1 Å². The van der Waals surface area contributed by atoms with Gasteiger partial charge in [0.2, 0.25) is 0 Å². The third-order valence-electron chi connectivity index (χ3n) is 15.3. The molecule has 0 bridgehead atoms. The lowest BCUT2D eigenvalue weighted by molar-refractivity contribution is -0.388. The molecule has 1 amide bonds. The van der Waals surface area contributed by atoms with Crippen LogP contribution in [0.5, 0.6) is 17.2 Å². The molecular weight excluding hydrogens is 924 g/mol. The first-order valence-corrected chi connectivity index (χ1v) is 26.4. The third kappa shape index (κ3) is 9.79. The Morgan fingerprint density at radius 3 is 2.59 bits per heavy atom. The number of morpholine rings is 1. The number of piperidine rings is 1. The van der Waals surface area contributed by atoms with E-state index >= 15 is 0 Å². The Bertz CT molecular complexity index is 2870. The zero-order valence-corrected chi connectivity index (χ0v) is 40.8. The highest BCUT2D eigenvalue weighted by Gasteiger charge is 2.50. The number of pyridine rings is 1. The molecule has 5 aromatic rings. The topological polar surface area (TPSA) is 189 Å². The zero-order valence-electron chi connectivity index (χ0n) is 39.1. The molecule has 4 fully saturated rings. The van der Waals surface area contributed by atoms with Crippen LogP contribution in [-0.4, -0.2) is 95.6 Å². The monoisotopic (exact) mass is 982 g/mol. The largest absolute Gasteiger partial charge is 0.491 e.